The quantitative estimate of drug-likeness (QED) is 0.816. The van der Waals surface area contributed by atoms with Crippen molar-refractivity contribution in [3.05, 3.63) is 29.6 Å². The molecule has 0 bridgehead atoms. The number of hydrogen-bond donors (Lipinski definition) is 1. The van der Waals surface area contributed by atoms with Crippen LogP contribution < -0.4 is 5.32 Å². The van der Waals surface area contributed by atoms with Crippen molar-refractivity contribution in [1.82, 2.24) is 10.3 Å². The third-order valence-corrected chi connectivity index (χ3v) is 2.86. The minimum Gasteiger partial charge on any atom is -0.379 e. The average Bonchev–Trinajstić information content (AvgIpc) is 2.63. The monoisotopic (exact) mass is 206 g/mol. The molecule has 0 amide bonds. The van der Waals surface area contributed by atoms with Gasteiger partial charge >= 0.3 is 0 Å². The summed E-state index contributed by atoms with van der Waals surface area (Å²) in [6.07, 6.45) is 1.08. The Hall–Kier alpha value is -0.930. The van der Waals surface area contributed by atoms with Crippen molar-refractivity contribution in [2.75, 3.05) is 13.2 Å². The molecule has 3 nitrogen and oxygen atoms in total. The van der Waals surface area contributed by atoms with Gasteiger partial charge in [-0.2, -0.15) is 0 Å². The van der Waals surface area contributed by atoms with Gasteiger partial charge in [0, 0.05) is 24.4 Å². The lowest BCUT2D eigenvalue weighted by molar-refractivity contribution is 0.171. The molecule has 1 aliphatic heterocycles. The molecule has 1 atom stereocenters. The van der Waals surface area contributed by atoms with E-state index in [0.717, 1.165) is 37.6 Å². The summed E-state index contributed by atoms with van der Waals surface area (Å²) in [4.78, 5) is 4.46. The third-order valence-electron chi connectivity index (χ3n) is 2.86. The van der Waals surface area contributed by atoms with E-state index in [1.807, 2.05) is 19.1 Å². The summed E-state index contributed by atoms with van der Waals surface area (Å²) in [5.74, 6) is 0. The van der Waals surface area contributed by atoms with E-state index in [2.05, 4.69) is 23.3 Å². The summed E-state index contributed by atoms with van der Waals surface area (Å²) < 4.78 is 5.39. The second-order valence-corrected chi connectivity index (χ2v) is 4.49. The first-order valence-electron chi connectivity index (χ1n) is 5.43. The Kier molecular flexibility index (Phi) is 3.03. The smallest absolute Gasteiger partial charge is 0.0646 e. The highest BCUT2D eigenvalue weighted by Crippen LogP contribution is 2.17. The second kappa shape index (κ2) is 4.29. The maximum absolute atomic E-state index is 5.39. The molecule has 15 heavy (non-hydrogen) atoms. The van der Waals surface area contributed by atoms with Crippen LogP contribution in [0.25, 0.3) is 0 Å². The SMILES string of the molecule is Cc1cccc(CNC2(C)CCOC2)n1. The number of nitrogens with one attached hydrogen (secondary N) is 1. The zero-order valence-corrected chi connectivity index (χ0v) is 9.42. The van der Waals surface area contributed by atoms with Crippen LogP contribution in [0, 0.1) is 6.92 Å². The lowest BCUT2D eigenvalue weighted by Crippen LogP contribution is -2.42. The lowest BCUT2D eigenvalue weighted by atomic mass is 10.0. The first-order chi connectivity index (χ1) is 7.18. The highest BCUT2D eigenvalue weighted by molar-refractivity contribution is 5.10. The third kappa shape index (κ3) is 2.76. The van der Waals surface area contributed by atoms with Crippen LogP contribution in [0.3, 0.4) is 0 Å². The van der Waals surface area contributed by atoms with Crippen molar-refractivity contribution >= 4 is 0 Å². The number of aromatic nitrogens is 1. The summed E-state index contributed by atoms with van der Waals surface area (Å²) in [6.45, 7) is 6.71. The Balaban J connectivity index is 1.92. The number of hydrogen-bond acceptors (Lipinski definition) is 3. The summed E-state index contributed by atoms with van der Waals surface area (Å²) in [5, 5.41) is 3.51. The van der Waals surface area contributed by atoms with Crippen LogP contribution in [-0.2, 0) is 11.3 Å². The van der Waals surface area contributed by atoms with E-state index in [4.69, 9.17) is 4.74 Å². The van der Waals surface area contributed by atoms with Crippen molar-refractivity contribution in [3.8, 4) is 0 Å². The van der Waals surface area contributed by atoms with Crippen LogP contribution in [0.2, 0.25) is 0 Å². The molecule has 1 aromatic heterocycles. The van der Waals surface area contributed by atoms with Crippen LogP contribution in [0.1, 0.15) is 24.7 Å². The number of rotatable bonds is 3. The fourth-order valence-electron chi connectivity index (χ4n) is 1.81. The van der Waals surface area contributed by atoms with Gasteiger partial charge < -0.3 is 10.1 Å². The molecular weight excluding hydrogens is 188 g/mol. The molecule has 1 unspecified atom stereocenters. The maximum Gasteiger partial charge on any atom is 0.0646 e. The van der Waals surface area contributed by atoms with Gasteiger partial charge in [0.15, 0.2) is 0 Å². The minimum atomic E-state index is 0.130. The predicted octanol–water partition coefficient (Wildman–Crippen LogP) is 1.66. The number of aryl methyl sites for hydroxylation is 1. The fraction of sp³-hybridized carbons (Fsp3) is 0.583. The number of nitrogens with zero attached hydrogens (tertiary/aromatic N) is 1. The van der Waals surface area contributed by atoms with Gasteiger partial charge in [0.1, 0.15) is 0 Å². The van der Waals surface area contributed by atoms with Crippen LogP contribution >= 0.6 is 0 Å². The zero-order chi connectivity index (χ0) is 10.7. The lowest BCUT2D eigenvalue weighted by Gasteiger charge is -2.23. The van der Waals surface area contributed by atoms with Gasteiger partial charge in [0.25, 0.3) is 0 Å². The molecule has 0 saturated carbocycles. The molecule has 3 heteroatoms. The molecule has 1 saturated heterocycles. The van der Waals surface area contributed by atoms with Crippen LogP contribution in [0.15, 0.2) is 18.2 Å². The summed E-state index contributed by atoms with van der Waals surface area (Å²) in [5.41, 5.74) is 2.30. The predicted molar refractivity (Wildman–Crippen MR) is 59.7 cm³/mol. The minimum absolute atomic E-state index is 0.130. The van der Waals surface area contributed by atoms with Gasteiger partial charge in [0.05, 0.1) is 12.3 Å². The summed E-state index contributed by atoms with van der Waals surface area (Å²) >= 11 is 0. The van der Waals surface area contributed by atoms with Crippen molar-refractivity contribution in [2.24, 2.45) is 0 Å². The van der Waals surface area contributed by atoms with Crippen molar-refractivity contribution < 1.29 is 4.74 Å². The van der Waals surface area contributed by atoms with Crippen LogP contribution in [-0.4, -0.2) is 23.7 Å². The highest BCUT2D eigenvalue weighted by atomic mass is 16.5. The average molecular weight is 206 g/mol. The van der Waals surface area contributed by atoms with E-state index in [1.54, 1.807) is 0 Å². The molecule has 0 radical (unpaired) electrons. The Bertz CT molecular complexity index is 332. The van der Waals surface area contributed by atoms with Crippen molar-refractivity contribution in [3.63, 3.8) is 0 Å². The maximum atomic E-state index is 5.39. The van der Waals surface area contributed by atoms with Gasteiger partial charge in [-0.1, -0.05) is 6.07 Å². The van der Waals surface area contributed by atoms with E-state index in [0.29, 0.717) is 0 Å². The number of ether oxygens (including phenoxy) is 1. The molecule has 82 valence electrons. The van der Waals surface area contributed by atoms with E-state index in [9.17, 15) is 0 Å². The summed E-state index contributed by atoms with van der Waals surface area (Å²) in [7, 11) is 0. The largest absolute Gasteiger partial charge is 0.379 e. The standard InChI is InChI=1S/C12H18N2O/c1-10-4-3-5-11(14-10)8-13-12(2)6-7-15-9-12/h3-5,13H,6-9H2,1-2H3. The second-order valence-electron chi connectivity index (χ2n) is 4.49. The van der Waals surface area contributed by atoms with Crippen molar-refractivity contribution in [2.45, 2.75) is 32.4 Å². The molecule has 1 aromatic rings. The van der Waals surface area contributed by atoms with Gasteiger partial charge in [0.2, 0.25) is 0 Å². The van der Waals surface area contributed by atoms with Crippen molar-refractivity contribution in [1.29, 1.82) is 0 Å². The first-order valence-corrected chi connectivity index (χ1v) is 5.43. The van der Waals surface area contributed by atoms with Gasteiger partial charge in [-0.15, -0.1) is 0 Å². The Morgan fingerprint density at radius 2 is 2.40 bits per heavy atom. The highest BCUT2D eigenvalue weighted by Gasteiger charge is 2.28. The summed E-state index contributed by atoms with van der Waals surface area (Å²) in [6, 6.07) is 6.12. The molecular formula is C12H18N2O. The van der Waals surface area contributed by atoms with E-state index < -0.39 is 0 Å². The van der Waals surface area contributed by atoms with Crippen LogP contribution in [0.4, 0.5) is 0 Å². The molecule has 1 N–H and O–H groups in total. The van der Waals surface area contributed by atoms with Gasteiger partial charge in [-0.25, -0.2) is 0 Å². The van der Waals surface area contributed by atoms with Gasteiger partial charge in [-0.05, 0) is 32.4 Å². The molecule has 0 spiro atoms. The Morgan fingerprint density at radius 1 is 1.53 bits per heavy atom. The topological polar surface area (TPSA) is 34.1 Å². The Labute approximate surface area is 90.9 Å². The first kappa shape index (κ1) is 10.6. The molecule has 0 aromatic carbocycles. The molecule has 2 heterocycles. The van der Waals surface area contributed by atoms with E-state index in [-0.39, 0.29) is 5.54 Å². The molecule has 0 aliphatic carbocycles. The Morgan fingerprint density at radius 3 is 3.07 bits per heavy atom. The molecule has 1 aliphatic rings. The number of pyridine rings is 1. The van der Waals surface area contributed by atoms with Gasteiger partial charge in [-0.3, -0.25) is 4.98 Å². The molecule has 1 fully saturated rings. The fourth-order valence-corrected chi connectivity index (χ4v) is 1.81. The van der Waals surface area contributed by atoms with Crippen LogP contribution in [0.5, 0.6) is 0 Å². The van der Waals surface area contributed by atoms with E-state index in [1.165, 1.54) is 0 Å². The van der Waals surface area contributed by atoms with E-state index >= 15 is 0 Å². The molecule has 2 rings (SSSR count). The zero-order valence-electron chi connectivity index (χ0n) is 9.42. The normalized spacial score (nSPS) is 25.7.